The Balaban J connectivity index is 2.11. The molecule has 0 heterocycles. The number of benzene rings is 2. The van der Waals surface area contributed by atoms with E-state index in [4.69, 9.17) is 9.47 Å². The van der Waals surface area contributed by atoms with Gasteiger partial charge in [-0.25, -0.2) is 0 Å². The van der Waals surface area contributed by atoms with Gasteiger partial charge in [0.2, 0.25) is 5.91 Å². The summed E-state index contributed by atoms with van der Waals surface area (Å²) in [5.74, 6) is 1.18. The van der Waals surface area contributed by atoms with E-state index in [1.165, 1.54) is 6.08 Å². The van der Waals surface area contributed by atoms with Crippen molar-refractivity contribution < 1.29 is 14.3 Å². The number of hydrogen-bond donors (Lipinski definition) is 1. The maximum absolute atomic E-state index is 11.9. The molecule has 0 bridgehead atoms. The van der Waals surface area contributed by atoms with Crippen molar-refractivity contribution in [1.82, 2.24) is 0 Å². The molecule has 0 aliphatic heterocycles. The van der Waals surface area contributed by atoms with Crippen LogP contribution in [-0.2, 0) is 4.79 Å². The van der Waals surface area contributed by atoms with Crippen molar-refractivity contribution in [3.8, 4) is 11.5 Å². The first-order chi connectivity index (χ1) is 10.2. The van der Waals surface area contributed by atoms with E-state index >= 15 is 0 Å². The molecule has 0 radical (unpaired) electrons. The average molecular weight is 283 g/mol. The summed E-state index contributed by atoms with van der Waals surface area (Å²) in [5.41, 5.74) is 1.53. The summed E-state index contributed by atoms with van der Waals surface area (Å²) in [6.07, 6.45) is 3.16. The zero-order valence-corrected chi connectivity index (χ0v) is 12.0. The van der Waals surface area contributed by atoms with Gasteiger partial charge in [-0.15, -0.1) is 0 Å². The summed E-state index contributed by atoms with van der Waals surface area (Å²) < 4.78 is 10.4. The van der Waals surface area contributed by atoms with Crippen LogP contribution in [0.5, 0.6) is 11.5 Å². The van der Waals surface area contributed by atoms with Crippen LogP contribution in [0.4, 0.5) is 5.69 Å². The Morgan fingerprint density at radius 1 is 1.05 bits per heavy atom. The Labute approximate surface area is 124 Å². The quantitative estimate of drug-likeness (QED) is 0.856. The molecular weight excluding hydrogens is 266 g/mol. The van der Waals surface area contributed by atoms with Gasteiger partial charge < -0.3 is 14.8 Å². The molecule has 0 spiro atoms. The van der Waals surface area contributed by atoms with E-state index in [-0.39, 0.29) is 5.91 Å². The zero-order chi connectivity index (χ0) is 15.1. The molecule has 0 aromatic heterocycles. The summed E-state index contributed by atoms with van der Waals surface area (Å²) in [4.78, 5) is 11.9. The van der Waals surface area contributed by atoms with E-state index in [0.717, 1.165) is 11.3 Å². The topological polar surface area (TPSA) is 47.6 Å². The number of amides is 1. The fourth-order valence-electron chi connectivity index (χ4n) is 1.84. The van der Waals surface area contributed by atoms with Crippen LogP contribution < -0.4 is 14.8 Å². The monoisotopic (exact) mass is 283 g/mol. The molecule has 4 heteroatoms. The van der Waals surface area contributed by atoms with E-state index in [1.54, 1.807) is 32.4 Å². The minimum absolute atomic E-state index is 0.203. The Kier molecular flexibility index (Phi) is 4.99. The minimum atomic E-state index is -0.203. The molecule has 4 nitrogen and oxygen atoms in total. The highest BCUT2D eigenvalue weighted by molar-refractivity contribution is 6.02. The van der Waals surface area contributed by atoms with Gasteiger partial charge >= 0.3 is 0 Å². The Hall–Kier alpha value is -2.75. The Bertz CT molecular complexity index is 636. The molecule has 108 valence electrons. The number of hydrogen-bond acceptors (Lipinski definition) is 3. The molecule has 0 saturated heterocycles. The second kappa shape index (κ2) is 7.14. The largest absolute Gasteiger partial charge is 0.497 e. The lowest BCUT2D eigenvalue weighted by Crippen LogP contribution is -2.07. The molecular formula is C17H17NO3. The lowest BCUT2D eigenvalue weighted by Gasteiger charge is -2.07. The van der Waals surface area contributed by atoms with Gasteiger partial charge in [-0.2, -0.15) is 0 Å². The van der Waals surface area contributed by atoms with Crippen LogP contribution in [-0.4, -0.2) is 20.1 Å². The van der Waals surface area contributed by atoms with Crippen molar-refractivity contribution in [2.24, 2.45) is 0 Å². The smallest absolute Gasteiger partial charge is 0.248 e. The zero-order valence-electron chi connectivity index (χ0n) is 12.0. The predicted octanol–water partition coefficient (Wildman–Crippen LogP) is 3.36. The van der Waals surface area contributed by atoms with Crippen molar-refractivity contribution in [2.45, 2.75) is 0 Å². The molecule has 2 rings (SSSR count). The fraction of sp³-hybridized carbons (Fsp3) is 0.118. The molecule has 0 aliphatic rings. The molecule has 2 aromatic rings. The van der Waals surface area contributed by atoms with Crippen LogP contribution in [0.3, 0.4) is 0 Å². The molecule has 0 fully saturated rings. The lowest BCUT2D eigenvalue weighted by atomic mass is 10.1. The normalized spacial score (nSPS) is 10.4. The average Bonchev–Trinajstić information content (AvgIpc) is 2.53. The van der Waals surface area contributed by atoms with Crippen molar-refractivity contribution in [3.05, 3.63) is 60.2 Å². The first kappa shape index (κ1) is 14.7. The lowest BCUT2D eigenvalue weighted by molar-refractivity contribution is -0.111. The number of anilines is 1. The number of carbonyl (C=O) groups excluding carboxylic acids is 1. The van der Waals surface area contributed by atoms with E-state index in [2.05, 4.69) is 5.32 Å². The molecule has 0 atom stereocenters. The molecule has 1 N–H and O–H groups in total. The van der Waals surface area contributed by atoms with Gasteiger partial charge in [-0.1, -0.05) is 18.2 Å². The second-order valence-corrected chi connectivity index (χ2v) is 4.30. The number of para-hydroxylation sites is 1. The minimum Gasteiger partial charge on any atom is -0.497 e. The van der Waals surface area contributed by atoms with Crippen LogP contribution in [0, 0.1) is 0 Å². The Morgan fingerprint density at radius 3 is 2.48 bits per heavy atom. The molecule has 0 aliphatic carbocycles. The summed E-state index contributed by atoms with van der Waals surface area (Å²) in [7, 11) is 3.18. The maximum Gasteiger partial charge on any atom is 0.248 e. The highest BCUT2D eigenvalue weighted by Crippen LogP contribution is 2.25. The summed E-state index contributed by atoms with van der Waals surface area (Å²) >= 11 is 0. The summed E-state index contributed by atoms with van der Waals surface area (Å²) in [5, 5.41) is 2.78. The van der Waals surface area contributed by atoms with Gasteiger partial charge in [0, 0.05) is 17.3 Å². The van der Waals surface area contributed by atoms with E-state index in [0.29, 0.717) is 11.5 Å². The van der Waals surface area contributed by atoms with E-state index < -0.39 is 0 Å². The van der Waals surface area contributed by atoms with Crippen LogP contribution in [0.2, 0.25) is 0 Å². The second-order valence-electron chi connectivity index (χ2n) is 4.30. The van der Waals surface area contributed by atoms with E-state index in [1.807, 2.05) is 36.4 Å². The SMILES string of the molecule is COc1ccc(OC)c(/C=C/C(=O)Nc2ccccc2)c1. The van der Waals surface area contributed by atoms with Crippen LogP contribution in [0.25, 0.3) is 6.08 Å². The van der Waals surface area contributed by atoms with Crippen molar-refractivity contribution >= 4 is 17.7 Å². The molecule has 2 aromatic carbocycles. The first-order valence-corrected chi connectivity index (χ1v) is 6.49. The third kappa shape index (κ3) is 4.11. The van der Waals surface area contributed by atoms with Crippen molar-refractivity contribution in [1.29, 1.82) is 0 Å². The van der Waals surface area contributed by atoms with Gasteiger partial charge in [0.15, 0.2) is 0 Å². The molecule has 0 saturated carbocycles. The van der Waals surface area contributed by atoms with Crippen LogP contribution in [0.15, 0.2) is 54.6 Å². The maximum atomic E-state index is 11.9. The van der Waals surface area contributed by atoms with Gasteiger partial charge in [-0.05, 0) is 36.4 Å². The fourth-order valence-corrected chi connectivity index (χ4v) is 1.84. The Morgan fingerprint density at radius 2 is 1.81 bits per heavy atom. The van der Waals surface area contributed by atoms with Crippen molar-refractivity contribution in [3.63, 3.8) is 0 Å². The third-order valence-electron chi connectivity index (χ3n) is 2.89. The summed E-state index contributed by atoms with van der Waals surface area (Å²) in [6.45, 7) is 0. The summed E-state index contributed by atoms with van der Waals surface area (Å²) in [6, 6.07) is 14.7. The van der Waals surface area contributed by atoms with Gasteiger partial charge in [0.05, 0.1) is 14.2 Å². The molecule has 0 unspecified atom stereocenters. The number of carbonyl (C=O) groups is 1. The van der Waals surface area contributed by atoms with Gasteiger partial charge in [0.25, 0.3) is 0 Å². The van der Waals surface area contributed by atoms with Gasteiger partial charge in [-0.3, -0.25) is 4.79 Å². The highest BCUT2D eigenvalue weighted by atomic mass is 16.5. The number of rotatable bonds is 5. The van der Waals surface area contributed by atoms with Crippen molar-refractivity contribution in [2.75, 3.05) is 19.5 Å². The first-order valence-electron chi connectivity index (χ1n) is 6.49. The predicted molar refractivity (Wildman–Crippen MR) is 83.7 cm³/mol. The number of ether oxygens (including phenoxy) is 2. The number of nitrogens with one attached hydrogen (secondary N) is 1. The van der Waals surface area contributed by atoms with Gasteiger partial charge in [0.1, 0.15) is 11.5 Å². The molecule has 21 heavy (non-hydrogen) atoms. The van der Waals surface area contributed by atoms with E-state index in [9.17, 15) is 4.79 Å². The number of methoxy groups -OCH3 is 2. The third-order valence-corrected chi connectivity index (χ3v) is 2.89. The van der Waals surface area contributed by atoms with Crippen LogP contribution >= 0.6 is 0 Å². The molecule has 1 amide bonds. The highest BCUT2D eigenvalue weighted by Gasteiger charge is 2.03. The standard InChI is InChI=1S/C17H17NO3/c1-20-15-9-10-16(21-2)13(12-15)8-11-17(19)18-14-6-4-3-5-7-14/h3-12H,1-2H3,(H,18,19)/b11-8+. The van der Waals surface area contributed by atoms with Crippen LogP contribution in [0.1, 0.15) is 5.56 Å².